The van der Waals surface area contributed by atoms with E-state index in [2.05, 4.69) is 10.4 Å². The fraction of sp³-hybridized carbons (Fsp3) is 0.176. The molecule has 0 saturated carbocycles. The highest BCUT2D eigenvalue weighted by molar-refractivity contribution is 6.34. The highest BCUT2D eigenvalue weighted by Gasteiger charge is 2.38. The van der Waals surface area contributed by atoms with Crippen molar-refractivity contribution in [1.29, 1.82) is 0 Å². The van der Waals surface area contributed by atoms with Crippen molar-refractivity contribution in [3.05, 3.63) is 52.2 Å². The van der Waals surface area contributed by atoms with Gasteiger partial charge in [0.15, 0.2) is 5.69 Å². The fourth-order valence-electron chi connectivity index (χ4n) is 3.14. The van der Waals surface area contributed by atoms with Gasteiger partial charge >= 0.3 is 12.4 Å². The Morgan fingerprint density at radius 1 is 1.04 bits per heavy atom. The molecule has 0 unspecified atom stereocenters. The van der Waals surface area contributed by atoms with E-state index in [1.165, 1.54) is 6.07 Å². The van der Waals surface area contributed by atoms with Crippen molar-refractivity contribution in [2.24, 2.45) is 0 Å². The first-order valence-corrected chi connectivity index (χ1v) is 8.13. The number of halogens is 7. The minimum absolute atomic E-state index is 0.0216. The predicted molar refractivity (Wildman–Crippen MR) is 88.0 cm³/mol. The molecule has 3 heterocycles. The van der Waals surface area contributed by atoms with Gasteiger partial charge in [0.2, 0.25) is 5.91 Å². The molecule has 1 amide bonds. The van der Waals surface area contributed by atoms with E-state index >= 15 is 0 Å². The quantitative estimate of drug-likeness (QED) is 0.552. The van der Waals surface area contributed by atoms with Crippen molar-refractivity contribution in [2.75, 3.05) is 5.32 Å². The van der Waals surface area contributed by atoms with Crippen LogP contribution in [0.5, 0.6) is 0 Å². The summed E-state index contributed by atoms with van der Waals surface area (Å²) in [5.41, 5.74) is -2.74. The molecule has 1 aliphatic heterocycles. The van der Waals surface area contributed by atoms with Gasteiger partial charge in [0, 0.05) is 5.56 Å². The molecule has 0 radical (unpaired) electrons. The molecule has 4 nitrogen and oxygen atoms in total. The van der Waals surface area contributed by atoms with Crippen LogP contribution in [0.3, 0.4) is 0 Å². The van der Waals surface area contributed by atoms with Crippen molar-refractivity contribution >= 4 is 28.7 Å². The first-order chi connectivity index (χ1) is 12.9. The van der Waals surface area contributed by atoms with Crippen LogP contribution in [0.1, 0.15) is 16.8 Å². The van der Waals surface area contributed by atoms with Crippen molar-refractivity contribution in [2.45, 2.75) is 18.8 Å². The third-order valence-electron chi connectivity index (χ3n) is 4.28. The van der Waals surface area contributed by atoms with Crippen LogP contribution in [0, 0.1) is 0 Å². The van der Waals surface area contributed by atoms with Gasteiger partial charge in [-0.25, -0.2) is 4.52 Å². The Bertz CT molecular complexity index is 1130. The Kier molecular flexibility index (Phi) is 3.90. The maximum absolute atomic E-state index is 13.6. The number of benzene rings is 1. The number of nitrogens with zero attached hydrogens (tertiary/aromatic N) is 2. The highest BCUT2D eigenvalue weighted by Crippen LogP contribution is 2.42. The lowest BCUT2D eigenvalue weighted by atomic mass is 10.0. The van der Waals surface area contributed by atoms with Crippen LogP contribution in [-0.4, -0.2) is 15.5 Å². The maximum atomic E-state index is 13.6. The molecular formula is C17H8ClF6N3O. The molecule has 0 aliphatic carbocycles. The first kappa shape index (κ1) is 18.6. The molecule has 4 rings (SSSR count). The normalized spacial score (nSPS) is 14.5. The summed E-state index contributed by atoms with van der Waals surface area (Å²) in [6, 6.07) is 4.71. The van der Waals surface area contributed by atoms with Crippen LogP contribution in [0.25, 0.3) is 16.8 Å². The van der Waals surface area contributed by atoms with E-state index in [0.29, 0.717) is 22.2 Å². The maximum Gasteiger partial charge on any atom is 0.435 e. The van der Waals surface area contributed by atoms with Gasteiger partial charge in [-0.2, -0.15) is 31.4 Å². The number of hydrogen-bond donors (Lipinski definition) is 1. The predicted octanol–water partition coefficient (Wildman–Crippen LogP) is 5.19. The molecule has 0 saturated heterocycles. The lowest BCUT2D eigenvalue weighted by Crippen LogP contribution is -2.12. The smallest absolute Gasteiger partial charge is 0.324 e. The monoisotopic (exact) mass is 419 g/mol. The summed E-state index contributed by atoms with van der Waals surface area (Å²) in [6.45, 7) is 0. The number of carbonyl (C=O) groups is 1. The number of amides is 1. The van der Waals surface area contributed by atoms with Crippen molar-refractivity contribution in [3.63, 3.8) is 0 Å². The molecule has 0 atom stereocenters. The number of anilines is 1. The molecule has 0 bridgehead atoms. The van der Waals surface area contributed by atoms with E-state index in [0.717, 1.165) is 12.1 Å². The zero-order valence-corrected chi connectivity index (χ0v) is 14.3. The van der Waals surface area contributed by atoms with E-state index in [1.807, 2.05) is 0 Å². The molecule has 1 N–H and O–H groups in total. The zero-order chi connectivity index (χ0) is 20.4. The number of pyridine rings is 1. The minimum atomic E-state index is -4.85. The van der Waals surface area contributed by atoms with Gasteiger partial charge in [-0.3, -0.25) is 4.79 Å². The van der Waals surface area contributed by atoms with Gasteiger partial charge in [-0.05, 0) is 35.9 Å². The Morgan fingerprint density at radius 3 is 2.39 bits per heavy atom. The van der Waals surface area contributed by atoms with E-state index in [-0.39, 0.29) is 34.1 Å². The van der Waals surface area contributed by atoms with E-state index in [4.69, 9.17) is 11.6 Å². The molecule has 0 fully saturated rings. The van der Waals surface area contributed by atoms with Gasteiger partial charge in [-0.1, -0.05) is 11.6 Å². The molecule has 11 heteroatoms. The summed E-state index contributed by atoms with van der Waals surface area (Å²) in [7, 11) is 0. The second-order valence-electron chi connectivity index (χ2n) is 6.17. The largest absolute Gasteiger partial charge is 0.435 e. The van der Waals surface area contributed by atoms with Crippen LogP contribution in [0.15, 0.2) is 30.3 Å². The lowest BCUT2D eigenvalue weighted by molar-refractivity contribution is -0.141. The van der Waals surface area contributed by atoms with Crippen LogP contribution in [0.2, 0.25) is 5.02 Å². The second-order valence-corrected chi connectivity index (χ2v) is 6.58. The molecule has 28 heavy (non-hydrogen) atoms. The average Bonchev–Trinajstić information content (AvgIpc) is 3.15. The summed E-state index contributed by atoms with van der Waals surface area (Å²) in [6.07, 6.45) is -9.78. The Morgan fingerprint density at radius 2 is 1.75 bits per heavy atom. The van der Waals surface area contributed by atoms with Crippen molar-refractivity contribution < 1.29 is 31.1 Å². The zero-order valence-electron chi connectivity index (χ0n) is 13.5. The van der Waals surface area contributed by atoms with Crippen LogP contribution in [0.4, 0.5) is 32.0 Å². The third-order valence-corrected chi connectivity index (χ3v) is 4.58. The van der Waals surface area contributed by atoms with Crippen molar-refractivity contribution in [3.8, 4) is 11.3 Å². The Balaban J connectivity index is 2.04. The minimum Gasteiger partial charge on any atom is -0.324 e. The summed E-state index contributed by atoms with van der Waals surface area (Å²) < 4.78 is 80.4. The second kappa shape index (κ2) is 5.87. The van der Waals surface area contributed by atoms with E-state index < -0.39 is 29.3 Å². The molecule has 3 aromatic rings. The summed E-state index contributed by atoms with van der Waals surface area (Å²) >= 11 is 6.08. The third kappa shape index (κ3) is 2.97. The van der Waals surface area contributed by atoms with Crippen LogP contribution >= 0.6 is 11.6 Å². The van der Waals surface area contributed by atoms with E-state index in [9.17, 15) is 31.1 Å². The topological polar surface area (TPSA) is 46.4 Å². The number of alkyl halides is 6. The standard InChI is InChI=1S/C17H8ClF6N3O/c18-11-4-8(3-7-5-13(28)25-14(7)11)15-10(16(19,20)21)2-1-9-6-12(17(22,23)24)26-27(9)15/h1-4,6H,5H2,(H,25,28). The summed E-state index contributed by atoms with van der Waals surface area (Å²) in [4.78, 5) is 11.6. The lowest BCUT2D eigenvalue weighted by Gasteiger charge is -2.16. The van der Waals surface area contributed by atoms with Gasteiger partial charge < -0.3 is 5.32 Å². The molecule has 1 aromatic carbocycles. The molecule has 1 aliphatic rings. The average molecular weight is 420 g/mol. The number of fused-ring (bicyclic) bond motifs is 2. The summed E-state index contributed by atoms with van der Waals surface area (Å²) in [5.74, 6) is -0.387. The molecule has 2 aromatic heterocycles. The first-order valence-electron chi connectivity index (χ1n) is 7.75. The number of aromatic nitrogens is 2. The van der Waals surface area contributed by atoms with Gasteiger partial charge in [0.05, 0.1) is 33.9 Å². The number of rotatable bonds is 1. The Hall–Kier alpha value is -2.75. The number of carbonyl (C=O) groups excluding carboxylic acids is 1. The van der Waals surface area contributed by atoms with Crippen LogP contribution < -0.4 is 5.32 Å². The van der Waals surface area contributed by atoms with Crippen LogP contribution in [-0.2, 0) is 23.6 Å². The van der Waals surface area contributed by atoms with Gasteiger partial charge in [-0.15, -0.1) is 0 Å². The number of nitrogens with one attached hydrogen (secondary N) is 1. The highest BCUT2D eigenvalue weighted by atomic mass is 35.5. The number of hydrogen-bond acceptors (Lipinski definition) is 2. The summed E-state index contributed by atoms with van der Waals surface area (Å²) in [5, 5.41) is 5.80. The van der Waals surface area contributed by atoms with Gasteiger partial charge in [0.1, 0.15) is 0 Å². The fourth-order valence-corrected chi connectivity index (χ4v) is 3.42. The molecular weight excluding hydrogens is 412 g/mol. The van der Waals surface area contributed by atoms with Gasteiger partial charge in [0.25, 0.3) is 0 Å². The molecule has 146 valence electrons. The molecule has 0 spiro atoms. The van der Waals surface area contributed by atoms with Crippen molar-refractivity contribution in [1.82, 2.24) is 9.61 Å². The van der Waals surface area contributed by atoms with E-state index in [1.54, 1.807) is 0 Å². The SMILES string of the molecule is O=C1Cc2cc(-c3c(C(F)(F)F)ccc4cc(C(F)(F)F)nn34)cc(Cl)c2N1. The Labute approximate surface area is 157 Å².